The molecule has 0 N–H and O–H groups in total. The maximum Gasteiger partial charge on any atom is 0.183 e. The third kappa shape index (κ3) is 4.01. The quantitative estimate of drug-likeness (QED) is 0.762. The molecule has 1 aromatic rings. The van der Waals surface area contributed by atoms with Gasteiger partial charge >= 0.3 is 0 Å². The largest absolute Gasteiger partial charge is 0.494 e. The van der Waals surface area contributed by atoms with Crippen molar-refractivity contribution in [1.82, 2.24) is 4.90 Å². The van der Waals surface area contributed by atoms with E-state index in [1.807, 2.05) is 6.92 Å². The summed E-state index contributed by atoms with van der Waals surface area (Å²) in [7, 11) is -7.06. The highest BCUT2D eigenvalue weighted by Gasteiger charge is 2.48. The Morgan fingerprint density at radius 1 is 1.08 bits per heavy atom. The van der Waals surface area contributed by atoms with E-state index in [-0.39, 0.29) is 16.4 Å². The third-order valence-corrected chi connectivity index (χ3v) is 9.13. The van der Waals surface area contributed by atoms with Gasteiger partial charge in [-0.25, -0.2) is 16.8 Å². The molecule has 0 bridgehead atoms. The van der Waals surface area contributed by atoms with E-state index in [0.29, 0.717) is 12.4 Å². The summed E-state index contributed by atoms with van der Waals surface area (Å²) in [5.41, 5.74) is 0. The minimum atomic E-state index is -3.72. The van der Waals surface area contributed by atoms with Crippen molar-refractivity contribution in [3.8, 4) is 5.75 Å². The highest BCUT2D eigenvalue weighted by atomic mass is 32.2. The fourth-order valence-corrected chi connectivity index (χ4v) is 8.58. The summed E-state index contributed by atoms with van der Waals surface area (Å²) in [6.07, 6.45) is 3.10. The van der Waals surface area contributed by atoms with E-state index in [1.54, 1.807) is 12.1 Å². The number of hydrogen-bond acceptors (Lipinski definition) is 6. The van der Waals surface area contributed by atoms with Crippen LogP contribution >= 0.6 is 0 Å². The lowest BCUT2D eigenvalue weighted by Crippen LogP contribution is -2.48. The summed E-state index contributed by atoms with van der Waals surface area (Å²) in [4.78, 5) is 2.23. The molecule has 2 saturated heterocycles. The Balaban J connectivity index is 1.90. The molecule has 2 aliphatic rings. The maximum atomic E-state index is 13.1. The number of likely N-dealkylation sites (tertiary alicyclic amines) is 1. The molecule has 140 valence electrons. The zero-order valence-corrected chi connectivity index (χ0v) is 16.1. The van der Waals surface area contributed by atoms with Crippen LogP contribution in [0.2, 0.25) is 0 Å². The number of benzene rings is 1. The SMILES string of the molecule is CCOc1ccc(S(=O)(=O)C2CS(=O)(=O)CC2N2CCCCC2)cc1. The highest BCUT2D eigenvalue weighted by Crippen LogP contribution is 2.31. The molecular weight excluding hydrogens is 362 g/mol. The van der Waals surface area contributed by atoms with Gasteiger partial charge in [0.1, 0.15) is 5.75 Å². The van der Waals surface area contributed by atoms with Crippen LogP contribution in [0.1, 0.15) is 26.2 Å². The van der Waals surface area contributed by atoms with Gasteiger partial charge in [-0.2, -0.15) is 0 Å². The van der Waals surface area contributed by atoms with Crippen molar-refractivity contribution in [2.45, 2.75) is 42.4 Å². The number of sulfone groups is 2. The predicted octanol–water partition coefficient (Wildman–Crippen LogP) is 1.51. The lowest BCUT2D eigenvalue weighted by molar-refractivity contribution is 0.178. The predicted molar refractivity (Wildman–Crippen MR) is 96.5 cm³/mol. The van der Waals surface area contributed by atoms with Crippen LogP contribution in [-0.2, 0) is 19.7 Å². The van der Waals surface area contributed by atoms with Crippen LogP contribution in [0.4, 0.5) is 0 Å². The second-order valence-corrected chi connectivity index (χ2v) is 11.0. The van der Waals surface area contributed by atoms with Crippen molar-refractivity contribution < 1.29 is 21.6 Å². The van der Waals surface area contributed by atoms with Crippen molar-refractivity contribution in [3.05, 3.63) is 24.3 Å². The number of ether oxygens (including phenoxy) is 1. The molecule has 8 heteroatoms. The highest BCUT2D eigenvalue weighted by molar-refractivity contribution is 7.96. The Kier molecular flexibility index (Phi) is 5.41. The summed E-state index contributed by atoms with van der Waals surface area (Å²) in [5.74, 6) is 0.255. The minimum Gasteiger partial charge on any atom is -0.494 e. The van der Waals surface area contributed by atoms with Crippen LogP contribution in [0.5, 0.6) is 5.75 Å². The van der Waals surface area contributed by atoms with Gasteiger partial charge in [-0.05, 0) is 57.1 Å². The summed E-state index contributed by atoms with van der Waals surface area (Å²) >= 11 is 0. The van der Waals surface area contributed by atoms with Crippen molar-refractivity contribution in [1.29, 1.82) is 0 Å². The maximum absolute atomic E-state index is 13.1. The fourth-order valence-electron chi connectivity index (χ4n) is 3.75. The van der Waals surface area contributed by atoms with Crippen LogP contribution in [0, 0.1) is 0 Å². The molecule has 0 saturated carbocycles. The molecule has 2 fully saturated rings. The zero-order valence-electron chi connectivity index (χ0n) is 14.4. The topological polar surface area (TPSA) is 80.8 Å². The van der Waals surface area contributed by atoms with E-state index in [1.165, 1.54) is 12.1 Å². The van der Waals surface area contributed by atoms with Crippen molar-refractivity contribution in [2.75, 3.05) is 31.2 Å². The fraction of sp³-hybridized carbons (Fsp3) is 0.647. The Morgan fingerprint density at radius 3 is 2.32 bits per heavy atom. The van der Waals surface area contributed by atoms with Gasteiger partial charge in [-0.3, -0.25) is 4.90 Å². The summed E-state index contributed by atoms with van der Waals surface area (Å²) in [6.45, 7) is 3.91. The molecule has 0 aliphatic carbocycles. The van der Waals surface area contributed by atoms with Gasteiger partial charge in [0.15, 0.2) is 19.7 Å². The second-order valence-electron chi connectivity index (χ2n) is 6.73. The number of rotatable bonds is 5. The molecule has 6 nitrogen and oxygen atoms in total. The smallest absolute Gasteiger partial charge is 0.183 e. The first-order chi connectivity index (χ1) is 11.8. The van der Waals surface area contributed by atoms with Gasteiger partial charge in [-0.15, -0.1) is 0 Å². The zero-order chi connectivity index (χ0) is 18.1. The Morgan fingerprint density at radius 2 is 1.72 bits per heavy atom. The third-order valence-electron chi connectivity index (χ3n) is 4.99. The van der Waals surface area contributed by atoms with Crippen LogP contribution in [0.15, 0.2) is 29.2 Å². The van der Waals surface area contributed by atoms with Crippen molar-refractivity contribution >= 4 is 19.7 Å². The standard InChI is InChI=1S/C17H25NO5S2/c1-2-23-14-6-8-15(9-7-14)25(21,22)17-13-24(19,20)12-16(17)18-10-4-3-5-11-18/h6-9,16-17H,2-5,10-13H2,1H3. The lowest BCUT2D eigenvalue weighted by atomic mass is 10.1. The van der Waals surface area contributed by atoms with Crippen LogP contribution in [0.3, 0.4) is 0 Å². The molecule has 0 radical (unpaired) electrons. The normalized spacial score (nSPS) is 27.2. The van der Waals surface area contributed by atoms with Gasteiger partial charge in [0.05, 0.1) is 28.3 Å². The molecule has 2 atom stereocenters. The van der Waals surface area contributed by atoms with E-state index < -0.39 is 31.0 Å². The summed E-state index contributed by atoms with van der Waals surface area (Å²) in [5, 5.41) is -0.895. The molecule has 0 amide bonds. The van der Waals surface area contributed by atoms with E-state index in [2.05, 4.69) is 4.90 Å². The van der Waals surface area contributed by atoms with Crippen molar-refractivity contribution in [2.24, 2.45) is 0 Å². The molecule has 25 heavy (non-hydrogen) atoms. The molecule has 0 spiro atoms. The Bertz CT molecular complexity index is 796. The monoisotopic (exact) mass is 387 g/mol. The Labute approximate surface area is 150 Å². The van der Waals surface area contributed by atoms with Gasteiger partial charge in [-0.1, -0.05) is 6.42 Å². The van der Waals surface area contributed by atoms with Gasteiger partial charge < -0.3 is 4.74 Å². The number of nitrogens with zero attached hydrogens (tertiary/aromatic N) is 1. The van der Waals surface area contributed by atoms with E-state index in [9.17, 15) is 16.8 Å². The summed E-state index contributed by atoms with van der Waals surface area (Å²) in [6, 6.07) is 5.82. The molecule has 2 aliphatic heterocycles. The van der Waals surface area contributed by atoms with E-state index in [4.69, 9.17) is 4.74 Å². The molecule has 2 heterocycles. The number of hydrogen-bond donors (Lipinski definition) is 0. The first-order valence-corrected chi connectivity index (χ1v) is 12.1. The molecule has 3 rings (SSSR count). The summed E-state index contributed by atoms with van der Waals surface area (Å²) < 4.78 is 56.0. The van der Waals surface area contributed by atoms with Gasteiger partial charge in [0.25, 0.3) is 0 Å². The molecule has 2 unspecified atom stereocenters. The molecule has 0 aromatic heterocycles. The average Bonchev–Trinajstić information content (AvgIpc) is 2.93. The van der Waals surface area contributed by atoms with Gasteiger partial charge in [0.2, 0.25) is 0 Å². The van der Waals surface area contributed by atoms with E-state index >= 15 is 0 Å². The van der Waals surface area contributed by atoms with Crippen LogP contribution in [0.25, 0.3) is 0 Å². The lowest BCUT2D eigenvalue weighted by Gasteiger charge is -2.34. The first-order valence-electron chi connectivity index (χ1n) is 8.75. The average molecular weight is 388 g/mol. The minimum absolute atomic E-state index is 0.0616. The molecular formula is C17H25NO5S2. The van der Waals surface area contributed by atoms with E-state index in [0.717, 1.165) is 32.4 Å². The van der Waals surface area contributed by atoms with Gasteiger partial charge in [0, 0.05) is 6.04 Å². The van der Waals surface area contributed by atoms with Crippen LogP contribution in [-0.4, -0.2) is 64.2 Å². The van der Waals surface area contributed by atoms with Crippen molar-refractivity contribution in [3.63, 3.8) is 0 Å². The second kappa shape index (κ2) is 7.25. The number of piperidine rings is 1. The first kappa shape index (κ1) is 18.7. The Hall–Kier alpha value is -1.12. The molecule has 1 aromatic carbocycles. The van der Waals surface area contributed by atoms with Crippen LogP contribution < -0.4 is 4.74 Å².